The van der Waals surface area contributed by atoms with E-state index in [9.17, 15) is 14.4 Å². The van der Waals surface area contributed by atoms with Gasteiger partial charge in [0.05, 0.1) is 17.0 Å². The Hall–Kier alpha value is -2.67. The Kier molecular flexibility index (Phi) is 4.85. The minimum Gasteiger partial charge on any atom is -0.478 e. The lowest BCUT2D eigenvalue weighted by Crippen LogP contribution is -2.43. The van der Waals surface area contributed by atoms with Crippen LogP contribution in [0.25, 0.3) is 0 Å². The highest BCUT2D eigenvalue weighted by atomic mass is 32.1. The highest BCUT2D eigenvalue weighted by Crippen LogP contribution is 2.21. The van der Waals surface area contributed by atoms with Gasteiger partial charge >= 0.3 is 5.97 Å². The number of carboxylic acids is 1. The molecule has 1 aromatic heterocycles. The summed E-state index contributed by atoms with van der Waals surface area (Å²) in [6.45, 7) is 0.945. The lowest BCUT2D eigenvalue weighted by atomic mass is 9.97. The Morgan fingerprint density at radius 2 is 2.04 bits per heavy atom. The number of thiophene rings is 1. The molecule has 0 radical (unpaired) electrons. The molecule has 1 aliphatic heterocycles. The van der Waals surface area contributed by atoms with Gasteiger partial charge in [0.2, 0.25) is 5.91 Å². The first-order valence-electron chi connectivity index (χ1n) is 7.87. The average Bonchev–Trinajstić information content (AvgIpc) is 3.14. The molecular formula is C18H18N2O4S. The van der Waals surface area contributed by atoms with Crippen molar-refractivity contribution in [3.8, 4) is 0 Å². The van der Waals surface area contributed by atoms with Crippen molar-refractivity contribution in [2.45, 2.75) is 13.0 Å². The van der Waals surface area contributed by atoms with Gasteiger partial charge in [-0.3, -0.25) is 9.59 Å². The molecule has 1 aliphatic rings. The molecule has 0 saturated heterocycles. The molecular weight excluding hydrogens is 340 g/mol. The standard InChI is InChI=1S/C18H18N2O4S/c1-19(17(22)15-3-2-8-25-15)11-16(21)20-7-6-12-4-5-13(18(23)24)9-14(12)10-20/h2-5,8-9H,6-7,10-11H2,1H3,(H,23,24). The molecule has 0 bridgehead atoms. The van der Waals surface area contributed by atoms with E-state index in [0.29, 0.717) is 24.4 Å². The molecule has 2 aromatic rings. The predicted octanol–water partition coefficient (Wildman–Crippen LogP) is 2.10. The lowest BCUT2D eigenvalue weighted by molar-refractivity contribution is -0.132. The van der Waals surface area contributed by atoms with Gasteiger partial charge in [-0.2, -0.15) is 0 Å². The fourth-order valence-corrected chi connectivity index (χ4v) is 3.58. The van der Waals surface area contributed by atoms with Crippen molar-refractivity contribution in [1.82, 2.24) is 9.80 Å². The second kappa shape index (κ2) is 7.06. The molecule has 25 heavy (non-hydrogen) atoms. The molecule has 2 amide bonds. The number of rotatable bonds is 4. The average molecular weight is 358 g/mol. The summed E-state index contributed by atoms with van der Waals surface area (Å²) in [4.78, 5) is 39.6. The molecule has 1 N–H and O–H groups in total. The fourth-order valence-electron chi connectivity index (χ4n) is 2.87. The van der Waals surface area contributed by atoms with Gasteiger partial charge < -0.3 is 14.9 Å². The van der Waals surface area contributed by atoms with E-state index in [0.717, 1.165) is 11.1 Å². The number of carbonyl (C=O) groups is 3. The van der Waals surface area contributed by atoms with E-state index in [-0.39, 0.29) is 23.9 Å². The summed E-state index contributed by atoms with van der Waals surface area (Å²) >= 11 is 1.35. The van der Waals surface area contributed by atoms with Crippen molar-refractivity contribution in [2.75, 3.05) is 20.1 Å². The van der Waals surface area contributed by atoms with E-state index in [2.05, 4.69) is 0 Å². The second-order valence-corrected chi connectivity index (χ2v) is 6.94. The Morgan fingerprint density at radius 3 is 2.72 bits per heavy atom. The molecule has 0 aliphatic carbocycles. The normalized spacial score (nSPS) is 13.2. The van der Waals surface area contributed by atoms with Crippen molar-refractivity contribution < 1.29 is 19.5 Å². The van der Waals surface area contributed by atoms with E-state index < -0.39 is 5.97 Å². The van der Waals surface area contributed by atoms with Crippen molar-refractivity contribution in [1.29, 1.82) is 0 Å². The van der Waals surface area contributed by atoms with E-state index in [1.165, 1.54) is 16.2 Å². The topological polar surface area (TPSA) is 77.9 Å². The van der Waals surface area contributed by atoms with Crippen LogP contribution in [-0.2, 0) is 17.8 Å². The number of benzene rings is 1. The van der Waals surface area contributed by atoms with E-state index in [4.69, 9.17) is 5.11 Å². The number of fused-ring (bicyclic) bond motifs is 1. The van der Waals surface area contributed by atoms with Crippen LogP contribution in [0.4, 0.5) is 0 Å². The number of likely N-dealkylation sites (N-methyl/N-ethyl adjacent to an activating group) is 1. The van der Waals surface area contributed by atoms with Crippen LogP contribution in [0.3, 0.4) is 0 Å². The number of nitrogens with zero attached hydrogens (tertiary/aromatic N) is 2. The van der Waals surface area contributed by atoms with Crippen molar-refractivity contribution in [2.24, 2.45) is 0 Å². The smallest absolute Gasteiger partial charge is 0.335 e. The molecule has 7 heteroatoms. The molecule has 6 nitrogen and oxygen atoms in total. The van der Waals surface area contributed by atoms with Crippen LogP contribution in [0, 0.1) is 0 Å². The Bertz CT molecular complexity index is 816. The number of hydrogen-bond acceptors (Lipinski definition) is 4. The van der Waals surface area contributed by atoms with Crippen molar-refractivity contribution in [3.63, 3.8) is 0 Å². The molecule has 130 valence electrons. The second-order valence-electron chi connectivity index (χ2n) is 5.99. The summed E-state index contributed by atoms with van der Waals surface area (Å²) in [5.41, 5.74) is 2.14. The molecule has 0 saturated carbocycles. The van der Waals surface area contributed by atoms with Gasteiger partial charge in [-0.15, -0.1) is 11.3 Å². The molecule has 0 atom stereocenters. The van der Waals surface area contributed by atoms with E-state index in [1.54, 1.807) is 36.2 Å². The van der Waals surface area contributed by atoms with Crippen LogP contribution >= 0.6 is 11.3 Å². The predicted molar refractivity (Wildman–Crippen MR) is 93.8 cm³/mol. The number of carboxylic acid groups (broad SMARTS) is 1. The lowest BCUT2D eigenvalue weighted by Gasteiger charge is -2.30. The Balaban J connectivity index is 1.66. The quantitative estimate of drug-likeness (QED) is 0.908. The van der Waals surface area contributed by atoms with Crippen LogP contribution in [0.1, 0.15) is 31.2 Å². The molecule has 0 fully saturated rings. The SMILES string of the molecule is CN(CC(=O)N1CCc2ccc(C(=O)O)cc2C1)C(=O)c1cccs1. The van der Waals surface area contributed by atoms with Gasteiger partial charge in [-0.1, -0.05) is 12.1 Å². The third-order valence-electron chi connectivity index (χ3n) is 4.27. The van der Waals surface area contributed by atoms with Gasteiger partial charge in [0.1, 0.15) is 0 Å². The zero-order chi connectivity index (χ0) is 18.0. The summed E-state index contributed by atoms with van der Waals surface area (Å²) in [5, 5.41) is 10.9. The Labute approximate surface area is 149 Å². The summed E-state index contributed by atoms with van der Waals surface area (Å²) in [6.07, 6.45) is 0.684. The molecule has 0 spiro atoms. The third-order valence-corrected chi connectivity index (χ3v) is 5.13. The van der Waals surface area contributed by atoms with Crippen LogP contribution < -0.4 is 0 Å². The number of hydrogen-bond donors (Lipinski definition) is 1. The molecule has 0 unspecified atom stereocenters. The highest BCUT2D eigenvalue weighted by Gasteiger charge is 2.24. The zero-order valence-corrected chi connectivity index (χ0v) is 14.6. The van der Waals surface area contributed by atoms with Gasteiger partial charge in [0, 0.05) is 20.1 Å². The zero-order valence-electron chi connectivity index (χ0n) is 13.8. The van der Waals surface area contributed by atoms with Gasteiger partial charge in [-0.25, -0.2) is 4.79 Å². The van der Waals surface area contributed by atoms with E-state index in [1.807, 2.05) is 11.4 Å². The van der Waals surface area contributed by atoms with Crippen molar-refractivity contribution >= 4 is 29.1 Å². The minimum absolute atomic E-state index is 0.00465. The largest absolute Gasteiger partial charge is 0.478 e. The number of aromatic carboxylic acids is 1. The van der Waals surface area contributed by atoms with Gasteiger partial charge in [-0.05, 0) is 41.1 Å². The Morgan fingerprint density at radius 1 is 1.24 bits per heavy atom. The summed E-state index contributed by atoms with van der Waals surface area (Å²) < 4.78 is 0. The maximum absolute atomic E-state index is 12.5. The highest BCUT2D eigenvalue weighted by molar-refractivity contribution is 7.12. The van der Waals surface area contributed by atoms with Crippen LogP contribution in [0.2, 0.25) is 0 Å². The van der Waals surface area contributed by atoms with E-state index >= 15 is 0 Å². The van der Waals surface area contributed by atoms with Gasteiger partial charge in [0.15, 0.2) is 0 Å². The molecule has 3 rings (SSSR count). The molecule has 2 heterocycles. The van der Waals surface area contributed by atoms with Crippen LogP contribution in [0.5, 0.6) is 0 Å². The summed E-state index contributed by atoms with van der Waals surface area (Å²) in [6, 6.07) is 8.56. The maximum Gasteiger partial charge on any atom is 0.335 e. The minimum atomic E-state index is -0.979. The summed E-state index contributed by atoms with van der Waals surface area (Å²) in [5.74, 6) is -1.29. The van der Waals surface area contributed by atoms with Crippen LogP contribution in [0.15, 0.2) is 35.7 Å². The van der Waals surface area contributed by atoms with Crippen LogP contribution in [-0.4, -0.2) is 52.8 Å². The first kappa shape index (κ1) is 17.2. The van der Waals surface area contributed by atoms with Crippen molar-refractivity contribution in [3.05, 3.63) is 57.3 Å². The monoisotopic (exact) mass is 358 g/mol. The maximum atomic E-state index is 12.5. The molecule has 1 aromatic carbocycles. The summed E-state index contributed by atoms with van der Waals surface area (Å²) in [7, 11) is 1.61. The number of amides is 2. The first-order valence-corrected chi connectivity index (χ1v) is 8.75. The fraction of sp³-hybridized carbons (Fsp3) is 0.278. The first-order chi connectivity index (χ1) is 12.0. The third kappa shape index (κ3) is 3.71. The number of carbonyl (C=O) groups excluding carboxylic acids is 2. The van der Waals surface area contributed by atoms with Gasteiger partial charge in [0.25, 0.3) is 5.91 Å².